The number of piperidine rings is 1. The molecule has 0 bridgehead atoms. The fourth-order valence-corrected chi connectivity index (χ4v) is 2.53. The van der Waals surface area contributed by atoms with Gasteiger partial charge in [0.15, 0.2) is 5.82 Å². The molecule has 2 heterocycles. The van der Waals surface area contributed by atoms with E-state index in [4.69, 9.17) is 10.3 Å². The van der Waals surface area contributed by atoms with Gasteiger partial charge in [-0.25, -0.2) is 0 Å². The Bertz CT molecular complexity index is 544. The van der Waals surface area contributed by atoms with Gasteiger partial charge in [-0.1, -0.05) is 23.4 Å². The summed E-state index contributed by atoms with van der Waals surface area (Å²) in [5, 5.41) is 3.98. The number of hydrogen-bond donors (Lipinski definition) is 1. The van der Waals surface area contributed by atoms with Gasteiger partial charge in [0.1, 0.15) is 0 Å². The van der Waals surface area contributed by atoms with Crippen LogP contribution in [-0.4, -0.2) is 23.2 Å². The number of rotatable bonds is 2. The monoisotopic (exact) mass is 258 g/mol. The highest BCUT2D eigenvalue weighted by Gasteiger charge is 2.36. The van der Waals surface area contributed by atoms with E-state index in [0.29, 0.717) is 11.7 Å². The van der Waals surface area contributed by atoms with Crippen molar-refractivity contribution < 1.29 is 4.52 Å². The lowest BCUT2D eigenvalue weighted by atomic mass is 9.87. The van der Waals surface area contributed by atoms with E-state index >= 15 is 0 Å². The van der Waals surface area contributed by atoms with E-state index in [1.54, 1.807) is 6.92 Å². The maximum Gasteiger partial charge on any atom is 0.223 e. The van der Waals surface area contributed by atoms with Crippen LogP contribution in [0.4, 0.5) is 5.69 Å². The van der Waals surface area contributed by atoms with Gasteiger partial charge in [-0.15, -0.1) is 0 Å². The zero-order chi connectivity index (χ0) is 13.3. The van der Waals surface area contributed by atoms with Crippen molar-refractivity contribution in [2.45, 2.75) is 25.3 Å². The van der Waals surface area contributed by atoms with Crippen LogP contribution in [0.2, 0.25) is 0 Å². The molecule has 1 fully saturated rings. The summed E-state index contributed by atoms with van der Waals surface area (Å²) in [7, 11) is 0. The van der Waals surface area contributed by atoms with Gasteiger partial charge in [-0.2, -0.15) is 4.98 Å². The molecule has 0 unspecified atom stereocenters. The largest absolute Gasteiger partial charge is 0.371 e. The molecule has 100 valence electrons. The predicted molar refractivity (Wildman–Crippen MR) is 72.8 cm³/mol. The topological polar surface area (TPSA) is 68.2 Å². The number of aromatic nitrogens is 2. The van der Waals surface area contributed by atoms with Crippen molar-refractivity contribution in [2.24, 2.45) is 5.73 Å². The molecule has 19 heavy (non-hydrogen) atoms. The molecule has 5 nitrogen and oxygen atoms in total. The van der Waals surface area contributed by atoms with Crippen molar-refractivity contribution in [1.82, 2.24) is 10.1 Å². The van der Waals surface area contributed by atoms with Crippen molar-refractivity contribution in [3.63, 3.8) is 0 Å². The Kier molecular flexibility index (Phi) is 2.98. The Morgan fingerprint density at radius 1 is 1.21 bits per heavy atom. The Hall–Kier alpha value is -1.88. The van der Waals surface area contributed by atoms with Crippen molar-refractivity contribution in [3.05, 3.63) is 42.0 Å². The van der Waals surface area contributed by atoms with Crippen LogP contribution in [0.15, 0.2) is 34.9 Å². The minimum Gasteiger partial charge on any atom is -0.371 e. The molecular formula is C14H18N4O. The van der Waals surface area contributed by atoms with Gasteiger partial charge < -0.3 is 15.2 Å². The van der Waals surface area contributed by atoms with E-state index in [1.165, 1.54) is 5.69 Å². The van der Waals surface area contributed by atoms with Crippen LogP contribution in [0.3, 0.4) is 0 Å². The fourth-order valence-electron chi connectivity index (χ4n) is 2.53. The average Bonchev–Trinajstić information content (AvgIpc) is 2.88. The number of nitrogens with two attached hydrogens (primary N) is 1. The summed E-state index contributed by atoms with van der Waals surface area (Å²) in [6, 6.07) is 10.4. The van der Waals surface area contributed by atoms with E-state index < -0.39 is 5.54 Å². The van der Waals surface area contributed by atoms with Crippen LogP contribution in [-0.2, 0) is 5.54 Å². The average molecular weight is 258 g/mol. The molecule has 2 aromatic rings. The SMILES string of the molecule is Cc1nc(C2(N)CCN(c3ccccc3)CC2)no1. The summed E-state index contributed by atoms with van der Waals surface area (Å²) in [6.07, 6.45) is 1.67. The van der Waals surface area contributed by atoms with Gasteiger partial charge in [0.25, 0.3) is 0 Å². The van der Waals surface area contributed by atoms with Crippen LogP contribution in [0, 0.1) is 6.92 Å². The Labute approximate surface area is 112 Å². The minimum atomic E-state index is -0.455. The standard InChI is InChI=1S/C14H18N4O/c1-11-16-13(17-19-11)14(15)7-9-18(10-8-14)12-5-3-2-4-6-12/h2-6H,7-10,15H2,1H3. The highest BCUT2D eigenvalue weighted by atomic mass is 16.5. The quantitative estimate of drug-likeness (QED) is 0.890. The van der Waals surface area contributed by atoms with Gasteiger partial charge in [-0.05, 0) is 25.0 Å². The maximum absolute atomic E-state index is 6.42. The molecule has 1 aromatic heterocycles. The predicted octanol–water partition coefficient (Wildman–Crippen LogP) is 1.83. The lowest BCUT2D eigenvalue weighted by molar-refractivity contribution is 0.303. The smallest absolute Gasteiger partial charge is 0.223 e. The van der Waals surface area contributed by atoms with Gasteiger partial charge in [0, 0.05) is 25.7 Å². The van der Waals surface area contributed by atoms with Crippen LogP contribution in [0.1, 0.15) is 24.6 Å². The second kappa shape index (κ2) is 4.66. The third-order valence-corrected chi connectivity index (χ3v) is 3.75. The Morgan fingerprint density at radius 2 is 1.89 bits per heavy atom. The van der Waals surface area contributed by atoms with Crippen molar-refractivity contribution in [2.75, 3.05) is 18.0 Å². The number of benzene rings is 1. The molecule has 0 saturated carbocycles. The fraction of sp³-hybridized carbons (Fsp3) is 0.429. The molecule has 2 N–H and O–H groups in total. The molecule has 1 saturated heterocycles. The number of hydrogen-bond acceptors (Lipinski definition) is 5. The first-order chi connectivity index (χ1) is 9.17. The van der Waals surface area contributed by atoms with E-state index in [1.807, 2.05) is 6.07 Å². The highest BCUT2D eigenvalue weighted by Crippen LogP contribution is 2.30. The van der Waals surface area contributed by atoms with Crippen LogP contribution >= 0.6 is 0 Å². The first kappa shape index (κ1) is 12.2. The van der Waals surface area contributed by atoms with Crippen LogP contribution < -0.4 is 10.6 Å². The van der Waals surface area contributed by atoms with Crippen LogP contribution in [0.5, 0.6) is 0 Å². The minimum absolute atomic E-state index is 0.455. The molecular weight excluding hydrogens is 240 g/mol. The van der Waals surface area contributed by atoms with Gasteiger partial charge in [-0.3, -0.25) is 0 Å². The van der Waals surface area contributed by atoms with Crippen molar-refractivity contribution in [1.29, 1.82) is 0 Å². The van der Waals surface area contributed by atoms with E-state index in [9.17, 15) is 0 Å². The molecule has 3 rings (SSSR count). The second-order valence-corrected chi connectivity index (χ2v) is 5.12. The number of nitrogens with zero attached hydrogens (tertiary/aromatic N) is 3. The number of aryl methyl sites for hydroxylation is 1. The number of para-hydroxylation sites is 1. The third-order valence-electron chi connectivity index (χ3n) is 3.75. The van der Waals surface area contributed by atoms with E-state index in [-0.39, 0.29) is 0 Å². The molecule has 0 aliphatic carbocycles. The molecule has 0 spiro atoms. The van der Waals surface area contributed by atoms with Gasteiger partial charge in [0.2, 0.25) is 5.89 Å². The van der Waals surface area contributed by atoms with Gasteiger partial charge in [0.05, 0.1) is 5.54 Å². The third kappa shape index (κ3) is 2.33. The Balaban J connectivity index is 1.72. The molecule has 1 aromatic carbocycles. The molecule has 1 aliphatic rings. The summed E-state index contributed by atoms with van der Waals surface area (Å²) < 4.78 is 5.04. The number of anilines is 1. The molecule has 1 aliphatic heterocycles. The summed E-state index contributed by atoms with van der Waals surface area (Å²) in [5.74, 6) is 1.21. The second-order valence-electron chi connectivity index (χ2n) is 5.12. The highest BCUT2D eigenvalue weighted by molar-refractivity contribution is 5.46. The zero-order valence-electron chi connectivity index (χ0n) is 11.0. The zero-order valence-corrected chi connectivity index (χ0v) is 11.0. The molecule has 0 radical (unpaired) electrons. The lowest BCUT2D eigenvalue weighted by Crippen LogP contribution is -2.49. The summed E-state index contributed by atoms with van der Waals surface area (Å²) in [6.45, 7) is 3.61. The molecule has 5 heteroatoms. The lowest BCUT2D eigenvalue weighted by Gasteiger charge is -2.38. The van der Waals surface area contributed by atoms with E-state index in [0.717, 1.165) is 25.9 Å². The molecule has 0 amide bonds. The summed E-state index contributed by atoms with van der Waals surface area (Å²) in [5.41, 5.74) is 7.21. The van der Waals surface area contributed by atoms with Gasteiger partial charge >= 0.3 is 0 Å². The van der Waals surface area contributed by atoms with Crippen molar-refractivity contribution in [3.8, 4) is 0 Å². The van der Waals surface area contributed by atoms with Crippen LogP contribution in [0.25, 0.3) is 0 Å². The van der Waals surface area contributed by atoms with E-state index in [2.05, 4.69) is 39.3 Å². The first-order valence-electron chi connectivity index (χ1n) is 6.57. The Morgan fingerprint density at radius 3 is 2.47 bits per heavy atom. The summed E-state index contributed by atoms with van der Waals surface area (Å²) in [4.78, 5) is 6.63. The molecule has 0 atom stereocenters. The normalized spacial score (nSPS) is 18.5. The summed E-state index contributed by atoms with van der Waals surface area (Å²) >= 11 is 0. The van der Waals surface area contributed by atoms with Crippen molar-refractivity contribution >= 4 is 5.69 Å². The first-order valence-corrected chi connectivity index (χ1v) is 6.57. The maximum atomic E-state index is 6.42.